The van der Waals surface area contributed by atoms with Crippen LogP contribution in [-0.4, -0.2) is 25.3 Å². The zero-order valence-electron chi connectivity index (χ0n) is 12.5. The average Bonchev–Trinajstić information content (AvgIpc) is 2.48. The van der Waals surface area contributed by atoms with Gasteiger partial charge in [0.05, 0.1) is 36.7 Å². The van der Waals surface area contributed by atoms with E-state index in [1.54, 1.807) is 19.1 Å². The zero-order valence-corrected chi connectivity index (χ0v) is 13.2. The van der Waals surface area contributed by atoms with Crippen molar-refractivity contribution in [1.29, 1.82) is 0 Å². The molecular formula is C15H17ClN2O4. The van der Waals surface area contributed by atoms with Gasteiger partial charge in [0, 0.05) is 5.70 Å². The number of allylic oxidation sites excluding steroid dienone is 1. The maximum absolute atomic E-state index is 12.1. The molecule has 0 saturated heterocycles. The highest BCUT2D eigenvalue weighted by atomic mass is 35.5. The quantitative estimate of drug-likeness (QED) is 0.740. The molecule has 1 heterocycles. The third-order valence-corrected chi connectivity index (χ3v) is 3.65. The summed E-state index contributed by atoms with van der Waals surface area (Å²) in [5.74, 6) is 0.132. The topological polar surface area (TPSA) is 79.8 Å². The third-order valence-electron chi connectivity index (χ3n) is 3.36. The van der Waals surface area contributed by atoms with Crippen LogP contribution in [0.1, 0.15) is 18.5 Å². The fraction of sp³-hybridized carbons (Fsp3) is 0.267. The molecule has 0 aliphatic carbocycles. The molecule has 1 aliphatic heterocycles. The van der Waals surface area contributed by atoms with Crippen LogP contribution in [0, 0.1) is 0 Å². The predicted octanol–water partition coefficient (Wildman–Crippen LogP) is 2.21. The summed E-state index contributed by atoms with van der Waals surface area (Å²) >= 11 is 6.02. The lowest BCUT2D eigenvalue weighted by Crippen LogP contribution is -2.38. The average molecular weight is 325 g/mol. The van der Waals surface area contributed by atoms with Crippen molar-refractivity contribution in [3.05, 3.63) is 46.4 Å². The molecule has 2 rings (SSSR count). The van der Waals surface area contributed by atoms with E-state index < -0.39 is 12.0 Å². The summed E-state index contributed by atoms with van der Waals surface area (Å²) in [4.78, 5) is 12.1. The van der Waals surface area contributed by atoms with Gasteiger partial charge in [0.25, 0.3) is 0 Å². The molecule has 0 spiro atoms. The van der Waals surface area contributed by atoms with E-state index in [2.05, 4.69) is 17.2 Å². The van der Waals surface area contributed by atoms with Crippen LogP contribution in [0.4, 0.5) is 0 Å². The van der Waals surface area contributed by atoms with Crippen molar-refractivity contribution >= 4 is 17.6 Å². The molecular weight excluding hydrogens is 308 g/mol. The van der Waals surface area contributed by atoms with Gasteiger partial charge in [0.2, 0.25) is 0 Å². The number of hydrogen-bond donors (Lipinski definition) is 3. The SMILES string of the molecule is C=C1NC(C)=C(C(=O)OC)C(c2cc(Cl)c(O)c(OC)c2)N1. The molecule has 118 valence electrons. The normalized spacial score (nSPS) is 17.6. The summed E-state index contributed by atoms with van der Waals surface area (Å²) < 4.78 is 9.94. The lowest BCUT2D eigenvalue weighted by Gasteiger charge is -2.31. The minimum atomic E-state index is -0.520. The van der Waals surface area contributed by atoms with E-state index in [1.165, 1.54) is 14.2 Å². The van der Waals surface area contributed by atoms with Crippen molar-refractivity contribution < 1.29 is 19.4 Å². The minimum Gasteiger partial charge on any atom is -0.503 e. The van der Waals surface area contributed by atoms with Gasteiger partial charge in [-0.25, -0.2) is 4.79 Å². The van der Waals surface area contributed by atoms with Gasteiger partial charge in [-0.3, -0.25) is 0 Å². The van der Waals surface area contributed by atoms with Crippen molar-refractivity contribution in [2.75, 3.05) is 14.2 Å². The molecule has 1 aromatic carbocycles. The molecule has 6 nitrogen and oxygen atoms in total. The van der Waals surface area contributed by atoms with Crippen LogP contribution in [0.25, 0.3) is 0 Å². The molecule has 22 heavy (non-hydrogen) atoms. The number of methoxy groups -OCH3 is 2. The predicted molar refractivity (Wildman–Crippen MR) is 82.5 cm³/mol. The molecule has 0 aromatic heterocycles. The van der Waals surface area contributed by atoms with E-state index in [0.717, 1.165) is 0 Å². The Morgan fingerprint density at radius 3 is 2.68 bits per heavy atom. The fourth-order valence-corrected chi connectivity index (χ4v) is 2.56. The third kappa shape index (κ3) is 2.82. The van der Waals surface area contributed by atoms with Gasteiger partial charge < -0.3 is 25.2 Å². The van der Waals surface area contributed by atoms with Crippen LogP contribution in [0.2, 0.25) is 5.02 Å². The molecule has 1 aliphatic rings. The zero-order chi connectivity index (χ0) is 16.4. The summed E-state index contributed by atoms with van der Waals surface area (Å²) in [6, 6.07) is 2.65. The molecule has 0 radical (unpaired) electrons. The maximum atomic E-state index is 12.1. The van der Waals surface area contributed by atoms with Crippen LogP contribution in [-0.2, 0) is 9.53 Å². The van der Waals surface area contributed by atoms with Crippen molar-refractivity contribution in [1.82, 2.24) is 10.6 Å². The number of phenols is 1. The smallest absolute Gasteiger partial charge is 0.337 e. The van der Waals surface area contributed by atoms with Crippen LogP contribution in [0.5, 0.6) is 11.5 Å². The Bertz CT molecular complexity index is 670. The summed E-state index contributed by atoms with van der Waals surface area (Å²) in [6.07, 6.45) is 0. The highest BCUT2D eigenvalue weighted by Crippen LogP contribution is 2.39. The van der Waals surface area contributed by atoms with Crippen molar-refractivity contribution in [2.45, 2.75) is 13.0 Å². The van der Waals surface area contributed by atoms with E-state index in [0.29, 0.717) is 22.7 Å². The lowest BCUT2D eigenvalue weighted by molar-refractivity contribution is -0.136. The molecule has 0 saturated carbocycles. The number of carbonyl (C=O) groups excluding carboxylic acids is 1. The fourth-order valence-electron chi connectivity index (χ4n) is 2.34. The first-order valence-electron chi connectivity index (χ1n) is 6.47. The van der Waals surface area contributed by atoms with Crippen LogP contribution < -0.4 is 15.4 Å². The largest absolute Gasteiger partial charge is 0.503 e. The van der Waals surface area contributed by atoms with E-state index in [9.17, 15) is 9.90 Å². The summed E-state index contributed by atoms with van der Waals surface area (Å²) in [6.45, 7) is 5.57. The molecule has 1 atom stereocenters. The number of rotatable bonds is 3. The van der Waals surface area contributed by atoms with E-state index in [4.69, 9.17) is 21.1 Å². The second-order valence-electron chi connectivity index (χ2n) is 4.76. The first kappa shape index (κ1) is 16.0. The van der Waals surface area contributed by atoms with Gasteiger partial charge in [-0.15, -0.1) is 0 Å². The van der Waals surface area contributed by atoms with E-state index in [-0.39, 0.29) is 16.5 Å². The second kappa shape index (κ2) is 6.19. The number of phenolic OH excluding ortho intramolecular Hbond substituents is 1. The minimum absolute atomic E-state index is 0.127. The Balaban J connectivity index is 2.58. The van der Waals surface area contributed by atoms with Gasteiger partial charge in [-0.1, -0.05) is 18.2 Å². The highest BCUT2D eigenvalue weighted by Gasteiger charge is 2.31. The number of hydrogen-bond acceptors (Lipinski definition) is 6. The molecule has 0 fully saturated rings. The van der Waals surface area contributed by atoms with Crippen LogP contribution in [0.3, 0.4) is 0 Å². The van der Waals surface area contributed by atoms with Crippen molar-refractivity contribution in [3.8, 4) is 11.5 Å². The molecule has 1 aromatic rings. The first-order valence-corrected chi connectivity index (χ1v) is 6.84. The summed E-state index contributed by atoms with van der Waals surface area (Å²) in [5, 5.41) is 16.0. The van der Waals surface area contributed by atoms with Crippen molar-refractivity contribution in [3.63, 3.8) is 0 Å². The number of esters is 1. The number of halogens is 1. The maximum Gasteiger partial charge on any atom is 0.337 e. The number of benzene rings is 1. The molecule has 0 amide bonds. The summed E-state index contributed by atoms with van der Waals surface area (Å²) in [5.41, 5.74) is 1.67. The van der Waals surface area contributed by atoms with E-state index >= 15 is 0 Å². The van der Waals surface area contributed by atoms with Gasteiger partial charge in [-0.05, 0) is 24.6 Å². The van der Waals surface area contributed by atoms with E-state index in [1.807, 2.05) is 0 Å². The summed E-state index contributed by atoms with van der Waals surface area (Å²) in [7, 11) is 2.74. The van der Waals surface area contributed by atoms with Gasteiger partial charge >= 0.3 is 5.97 Å². The second-order valence-corrected chi connectivity index (χ2v) is 5.17. The number of aromatic hydroxyl groups is 1. The number of ether oxygens (including phenoxy) is 2. The van der Waals surface area contributed by atoms with Gasteiger partial charge in [-0.2, -0.15) is 0 Å². The standard InChI is InChI=1S/C15H17ClN2O4/c1-7-12(15(20)22-4)13(18-8(2)17-7)9-5-10(16)14(19)11(6-9)21-3/h5-6,13,17-19H,2H2,1,3-4H3. The molecule has 7 heteroatoms. The highest BCUT2D eigenvalue weighted by molar-refractivity contribution is 6.32. The first-order chi connectivity index (χ1) is 10.4. The Morgan fingerprint density at radius 1 is 1.41 bits per heavy atom. The number of nitrogens with one attached hydrogen (secondary N) is 2. The Hall–Kier alpha value is -2.34. The Kier molecular flexibility index (Phi) is 4.51. The molecule has 3 N–H and O–H groups in total. The molecule has 0 bridgehead atoms. The van der Waals surface area contributed by atoms with Gasteiger partial charge in [0.1, 0.15) is 0 Å². The van der Waals surface area contributed by atoms with Crippen LogP contribution >= 0.6 is 11.6 Å². The van der Waals surface area contributed by atoms with Gasteiger partial charge in [0.15, 0.2) is 11.5 Å². The monoisotopic (exact) mass is 324 g/mol. The lowest BCUT2D eigenvalue weighted by atomic mass is 9.95. The number of carbonyl (C=O) groups is 1. The molecule has 1 unspecified atom stereocenters. The van der Waals surface area contributed by atoms with Crippen LogP contribution in [0.15, 0.2) is 35.8 Å². The van der Waals surface area contributed by atoms with Crippen molar-refractivity contribution in [2.24, 2.45) is 0 Å². The Labute approximate surface area is 133 Å². The Morgan fingerprint density at radius 2 is 2.09 bits per heavy atom.